The number of para-hydroxylation sites is 1. The van der Waals surface area contributed by atoms with E-state index in [0.29, 0.717) is 12.2 Å². The molecule has 1 aliphatic carbocycles. The molecular formula is C16H24O2Si. The van der Waals surface area contributed by atoms with Crippen LogP contribution in [0.3, 0.4) is 0 Å². The molecule has 2 fully saturated rings. The lowest BCUT2D eigenvalue weighted by Crippen LogP contribution is -2.34. The van der Waals surface area contributed by atoms with Gasteiger partial charge in [-0.05, 0) is 62.9 Å². The van der Waals surface area contributed by atoms with Crippen molar-refractivity contribution in [3.05, 3.63) is 30.3 Å². The molecule has 1 aliphatic heterocycles. The van der Waals surface area contributed by atoms with E-state index >= 15 is 0 Å². The van der Waals surface area contributed by atoms with Crippen molar-refractivity contribution in [2.24, 2.45) is 5.92 Å². The van der Waals surface area contributed by atoms with E-state index in [1.165, 1.54) is 31.7 Å². The maximum Gasteiger partial charge on any atom is 0.245 e. The van der Waals surface area contributed by atoms with E-state index in [9.17, 15) is 0 Å². The second-order valence-corrected chi connectivity index (χ2v) is 10.8. The van der Waals surface area contributed by atoms with E-state index in [1.54, 1.807) is 0 Å². The maximum atomic E-state index is 6.24. The molecular weight excluding hydrogens is 252 g/mol. The van der Waals surface area contributed by atoms with Gasteiger partial charge in [-0.25, -0.2) is 0 Å². The zero-order valence-electron chi connectivity index (χ0n) is 12.0. The summed E-state index contributed by atoms with van der Waals surface area (Å²) in [6, 6.07) is 11.5. The van der Waals surface area contributed by atoms with Crippen LogP contribution < -0.4 is 4.43 Å². The molecule has 3 heteroatoms. The van der Waals surface area contributed by atoms with Gasteiger partial charge in [-0.15, -0.1) is 0 Å². The first-order chi connectivity index (χ1) is 9.12. The van der Waals surface area contributed by atoms with Crippen molar-refractivity contribution in [3.63, 3.8) is 0 Å². The Morgan fingerprint density at radius 1 is 1.16 bits per heavy atom. The Kier molecular flexibility index (Phi) is 3.67. The van der Waals surface area contributed by atoms with Gasteiger partial charge in [-0.3, -0.25) is 0 Å². The summed E-state index contributed by atoms with van der Waals surface area (Å²) < 4.78 is 11.9. The minimum absolute atomic E-state index is 0.610. The molecule has 0 spiro atoms. The van der Waals surface area contributed by atoms with Crippen LogP contribution >= 0.6 is 0 Å². The molecule has 2 aliphatic rings. The SMILES string of the molecule is C[Si](C)(CCC1CCC2OC2C1)Oc1ccccc1. The van der Waals surface area contributed by atoms with Crippen LogP contribution in [0.5, 0.6) is 5.75 Å². The molecule has 104 valence electrons. The fourth-order valence-electron chi connectivity index (χ4n) is 3.16. The molecule has 0 radical (unpaired) electrons. The van der Waals surface area contributed by atoms with Gasteiger partial charge in [0.2, 0.25) is 8.32 Å². The molecule has 2 nitrogen and oxygen atoms in total. The fourth-order valence-corrected chi connectivity index (χ4v) is 5.14. The molecule has 3 atom stereocenters. The van der Waals surface area contributed by atoms with Crippen molar-refractivity contribution in [1.82, 2.24) is 0 Å². The lowest BCUT2D eigenvalue weighted by molar-refractivity contribution is 0.355. The smallest absolute Gasteiger partial charge is 0.245 e. The number of hydrogen-bond donors (Lipinski definition) is 0. The molecule has 0 bridgehead atoms. The Hall–Kier alpha value is -0.803. The summed E-state index contributed by atoms with van der Waals surface area (Å²) in [5.41, 5.74) is 0. The van der Waals surface area contributed by atoms with Gasteiger partial charge in [0.05, 0.1) is 12.2 Å². The second kappa shape index (κ2) is 5.29. The standard InChI is InChI=1S/C16H24O2Si/c1-19(2,18-14-6-4-3-5-7-14)11-10-13-8-9-15-16(12-13)17-15/h3-7,13,15-16H,8-12H2,1-2H3. The minimum Gasteiger partial charge on any atom is -0.544 e. The highest BCUT2D eigenvalue weighted by Gasteiger charge is 2.44. The van der Waals surface area contributed by atoms with Gasteiger partial charge in [-0.1, -0.05) is 18.2 Å². The monoisotopic (exact) mass is 276 g/mol. The van der Waals surface area contributed by atoms with Crippen LogP contribution in [0.1, 0.15) is 25.7 Å². The van der Waals surface area contributed by atoms with Crippen molar-refractivity contribution in [1.29, 1.82) is 0 Å². The van der Waals surface area contributed by atoms with Gasteiger partial charge in [0, 0.05) is 0 Å². The summed E-state index contributed by atoms with van der Waals surface area (Å²) in [6.45, 7) is 4.67. The number of benzene rings is 1. The van der Waals surface area contributed by atoms with Crippen LogP contribution in [-0.4, -0.2) is 20.5 Å². The Labute approximate surface area is 117 Å². The number of fused-ring (bicyclic) bond motifs is 1. The highest BCUT2D eigenvalue weighted by Crippen LogP contribution is 2.41. The van der Waals surface area contributed by atoms with E-state index in [1.807, 2.05) is 18.2 Å². The zero-order valence-corrected chi connectivity index (χ0v) is 13.0. The Balaban J connectivity index is 1.47. The Bertz CT molecular complexity index is 418. The Morgan fingerprint density at radius 2 is 1.95 bits per heavy atom. The topological polar surface area (TPSA) is 21.8 Å². The zero-order chi connectivity index (χ0) is 13.3. The van der Waals surface area contributed by atoms with Crippen molar-refractivity contribution in [3.8, 4) is 5.75 Å². The third-order valence-electron chi connectivity index (χ3n) is 4.40. The van der Waals surface area contributed by atoms with Crippen LogP contribution in [0, 0.1) is 5.92 Å². The number of rotatable bonds is 5. The van der Waals surface area contributed by atoms with E-state index in [0.717, 1.165) is 11.7 Å². The average Bonchev–Trinajstić information content (AvgIpc) is 3.15. The largest absolute Gasteiger partial charge is 0.544 e. The predicted octanol–water partition coefficient (Wildman–Crippen LogP) is 4.23. The first kappa shape index (κ1) is 13.2. The molecule has 1 heterocycles. The molecule has 1 saturated carbocycles. The van der Waals surface area contributed by atoms with Gasteiger partial charge in [0.15, 0.2) is 0 Å². The highest BCUT2D eigenvalue weighted by atomic mass is 28.4. The first-order valence-electron chi connectivity index (χ1n) is 7.52. The molecule has 3 rings (SSSR count). The molecule has 19 heavy (non-hydrogen) atoms. The summed E-state index contributed by atoms with van der Waals surface area (Å²) in [5.74, 6) is 1.91. The van der Waals surface area contributed by atoms with Gasteiger partial charge in [0.25, 0.3) is 0 Å². The highest BCUT2D eigenvalue weighted by molar-refractivity contribution is 6.71. The molecule has 1 saturated heterocycles. The van der Waals surface area contributed by atoms with Gasteiger partial charge in [-0.2, -0.15) is 0 Å². The summed E-state index contributed by atoms with van der Waals surface area (Å²) >= 11 is 0. The van der Waals surface area contributed by atoms with Crippen molar-refractivity contribution in [2.45, 2.75) is 57.0 Å². The third kappa shape index (κ3) is 3.60. The van der Waals surface area contributed by atoms with Gasteiger partial charge < -0.3 is 9.16 Å². The lowest BCUT2D eigenvalue weighted by atomic mass is 9.88. The molecule has 3 unspecified atom stereocenters. The summed E-state index contributed by atoms with van der Waals surface area (Å²) in [4.78, 5) is 0. The quantitative estimate of drug-likeness (QED) is 0.593. The van der Waals surface area contributed by atoms with Crippen molar-refractivity contribution in [2.75, 3.05) is 0 Å². The minimum atomic E-state index is -1.58. The van der Waals surface area contributed by atoms with Crippen LogP contribution in [0.15, 0.2) is 30.3 Å². The number of epoxide rings is 1. The fraction of sp³-hybridized carbons (Fsp3) is 0.625. The second-order valence-electron chi connectivity index (χ2n) is 6.61. The molecule has 1 aromatic rings. The average molecular weight is 276 g/mol. The van der Waals surface area contributed by atoms with Crippen molar-refractivity contribution >= 4 is 8.32 Å². The van der Waals surface area contributed by atoms with Crippen LogP contribution in [0.2, 0.25) is 19.1 Å². The summed E-state index contributed by atoms with van der Waals surface area (Å²) in [7, 11) is -1.58. The molecule has 0 aromatic heterocycles. The predicted molar refractivity (Wildman–Crippen MR) is 80.0 cm³/mol. The van der Waals surface area contributed by atoms with E-state index in [-0.39, 0.29) is 0 Å². The van der Waals surface area contributed by atoms with E-state index < -0.39 is 8.32 Å². The number of ether oxygens (including phenoxy) is 1. The van der Waals surface area contributed by atoms with E-state index in [4.69, 9.17) is 9.16 Å². The number of hydrogen-bond acceptors (Lipinski definition) is 2. The van der Waals surface area contributed by atoms with Gasteiger partial charge in [0.1, 0.15) is 5.75 Å². The van der Waals surface area contributed by atoms with E-state index in [2.05, 4.69) is 25.2 Å². The third-order valence-corrected chi connectivity index (χ3v) is 6.69. The summed E-state index contributed by atoms with van der Waals surface area (Å²) in [5, 5.41) is 0. The maximum absolute atomic E-state index is 6.24. The Morgan fingerprint density at radius 3 is 2.68 bits per heavy atom. The molecule has 1 aromatic carbocycles. The van der Waals surface area contributed by atoms with Crippen molar-refractivity contribution < 1.29 is 9.16 Å². The molecule has 0 amide bonds. The first-order valence-corrected chi connectivity index (χ1v) is 10.6. The summed E-state index contributed by atoms with van der Waals surface area (Å²) in [6.07, 6.45) is 6.49. The van der Waals surface area contributed by atoms with Crippen LogP contribution in [0.25, 0.3) is 0 Å². The normalized spacial score (nSPS) is 29.7. The van der Waals surface area contributed by atoms with Crippen LogP contribution in [0.4, 0.5) is 0 Å². The lowest BCUT2D eigenvalue weighted by Gasteiger charge is -2.27. The van der Waals surface area contributed by atoms with Crippen LogP contribution in [-0.2, 0) is 4.74 Å². The molecule has 0 N–H and O–H groups in total. The van der Waals surface area contributed by atoms with Gasteiger partial charge >= 0.3 is 0 Å².